The summed E-state index contributed by atoms with van der Waals surface area (Å²) in [5.41, 5.74) is 3.29. The number of carbonyl (C=O) groups excluding carboxylic acids is 2. The minimum Gasteiger partial charge on any atom is -0.489 e. The van der Waals surface area contributed by atoms with Crippen LogP contribution in [-0.2, 0) is 0 Å². The van der Waals surface area contributed by atoms with Crippen LogP contribution in [0.25, 0.3) is 0 Å². The first-order chi connectivity index (χ1) is 13.9. The van der Waals surface area contributed by atoms with Crippen LogP contribution in [0, 0.1) is 6.92 Å². The highest BCUT2D eigenvalue weighted by Gasteiger charge is 2.12. The van der Waals surface area contributed by atoms with Crippen LogP contribution in [-0.4, -0.2) is 17.9 Å². The summed E-state index contributed by atoms with van der Waals surface area (Å²) in [6, 6.07) is 21.4. The highest BCUT2D eigenvalue weighted by Crippen LogP contribution is 2.25. The third kappa shape index (κ3) is 5.23. The van der Waals surface area contributed by atoms with Gasteiger partial charge in [-0.2, -0.15) is 0 Å². The van der Waals surface area contributed by atoms with Gasteiger partial charge in [-0.25, -0.2) is 0 Å². The van der Waals surface area contributed by atoms with Crippen LogP contribution in [0.3, 0.4) is 0 Å². The quantitative estimate of drug-likeness (QED) is 0.603. The van der Waals surface area contributed by atoms with E-state index >= 15 is 0 Å². The molecule has 0 saturated carbocycles. The van der Waals surface area contributed by atoms with Crippen LogP contribution in [0.15, 0.2) is 72.8 Å². The average Bonchev–Trinajstić information content (AvgIpc) is 2.71. The molecule has 0 unspecified atom stereocenters. The summed E-state index contributed by atoms with van der Waals surface area (Å²) in [5.74, 6) is 0.127. The highest BCUT2D eigenvalue weighted by molar-refractivity contribution is 6.07. The summed E-state index contributed by atoms with van der Waals surface area (Å²) in [4.78, 5) is 25.1. The normalized spacial score (nSPS) is 10.5. The van der Waals surface area contributed by atoms with E-state index in [2.05, 4.69) is 10.6 Å². The molecule has 0 fully saturated rings. The number of para-hydroxylation sites is 3. The molecule has 2 N–H and O–H groups in total. The minimum absolute atomic E-state index is 0.000834. The van der Waals surface area contributed by atoms with Crippen molar-refractivity contribution >= 4 is 23.2 Å². The first kappa shape index (κ1) is 20.1. The summed E-state index contributed by atoms with van der Waals surface area (Å²) in [5, 5.41) is 5.75. The van der Waals surface area contributed by atoms with Crippen molar-refractivity contribution in [3.8, 4) is 5.75 Å². The zero-order valence-electron chi connectivity index (χ0n) is 16.7. The molecule has 5 nitrogen and oxygen atoms in total. The second-order valence-electron chi connectivity index (χ2n) is 6.96. The number of rotatable bonds is 6. The SMILES string of the molecule is Cc1ccccc1NC(=O)c1ccc(C(=O)Nc2ccccc2OC(C)C)cc1. The standard InChI is InChI=1S/C24H24N2O3/c1-16(2)29-22-11-7-6-10-21(22)26-24(28)19-14-12-18(13-15-19)23(27)25-20-9-5-4-8-17(20)3/h4-16H,1-3H3,(H,25,27)(H,26,28). The van der Waals surface area contributed by atoms with Crippen LogP contribution in [0.4, 0.5) is 11.4 Å². The van der Waals surface area contributed by atoms with Crippen LogP contribution >= 0.6 is 0 Å². The van der Waals surface area contributed by atoms with Crippen molar-refractivity contribution in [1.82, 2.24) is 0 Å². The van der Waals surface area contributed by atoms with Gasteiger partial charge in [0.15, 0.2) is 0 Å². The number of aryl methyl sites for hydroxylation is 1. The van der Waals surface area contributed by atoms with Gasteiger partial charge in [0.05, 0.1) is 11.8 Å². The zero-order chi connectivity index (χ0) is 20.8. The maximum atomic E-state index is 12.6. The van der Waals surface area contributed by atoms with Gasteiger partial charge < -0.3 is 15.4 Å². The summed E-state index contributed by atoms with van der Waals surface area (Å²) in [6.07, 6.45) is -0.000834. The molecule has 29 heavy (non-hydrogen) atoms. The molecule has 0 atom stereocenters. The summed E-state index contributed by atoms with van der Waals surface area (Å²) >= 11 is 0. The molecular weight excluding hydrogens is 364 g/mol. The van der Waals surface area contributed by atoms with Crippen molar-refractivity contribution in [1.29, 1.82) is 0 Å². The fourth-order valence-electron chi connectivity index (χ4n) is 2.80. The van der Waals surface area contributed by atoms with Crippen LogP contribution in [0.5, 0.6) is 5.75 Å². The number of anilines is 2. The van der Waals surface area contributed by atoms with Crippen molar-refractivity contribution in [2.75, 3.05) is 10.6 Å². The predicted molar refractivity (Wildman–Crippen MR) is 116 cm³/mol. The molecule has 0 aromatic heterocycles. The number of ether oxygens (including phenoxy) is 1. The van der Waals surface area contributed by atoms with E-state index in [9.17, 15) is 9.59 Å². The van der Waals surface area contributed by atoms with Gasteiger partial charge in [0.2, 0.25) is 0 Å². The lowest BCUT2D eigenvalue weighted by molar-refractivity contribution is 0.101. The van der Waals surface area contributed by atoms with Crippen LogP contribution in [0.2, 0.25) is 0 Å². The Kier molecular flexibility index (Phi) is 6.29. The third-order valence-corrected chi connectivity index (χ3v) is 4.30. The fourth-order valence-corrected chi connectivity index (χ4v) is 2.80. The Hall–Kier alpha value is -3.60. The molecule has 5 heteroatoms. The number of amides is 2. The van der Waals surface area contributed by atoms with Crippen molar-refractivity contribution in [3.05, 3.63) is 89.5 Å². The first-order valence-electron chi connectivity index (χ1n) is 9.48. The monoisotopic (exact) mass is 388 g/mol. The average molecular weight is 388 g/mol. The Morgan fingerprint density at radius 2 is 1.21 bits per heavy atom. The van der Waals surface area contributed by atoms with Crippen molar-refractivity contribution in [3.63, 3.8) is 0 Å². The lowest BCUT2D eigenvalue weighted by Gasteiger charge is -2.15. The van der Waals surface area contributed by atoms with E-state index in [0.29, 0.717) is 22.6 Å². The molecule has 0 aliphatic heterocycles. The Bertz CT molecular complexity index is 1010. The second kappa shape index (κ2) is 9.06. The molecule has 0 saturated heterocycles. The molecule has 3 aromatic carbocycles. The molecule has 0 aliphatic rings. The zero-order valence-corrected chi connectivity index (χ0v) is 16.7. The van der Waals surface area contributed by atoms with Crippen LogP contribution < -0.4 is 15.4 Å². The van der Waals surface area contributed by atoms with E-state index in [-0.39, 0.29) is 17.9 Å². The van der Waals surface area contributed by atoms with E-state index < -0.39 is 0 Å². The molecular formula is C24H24N2O3. The lowest BCUT2D eigenvalue weighted by atomic mass is 10.1. The van der Waals surface area contributed by atoms with E-state index in [1.807, 2.05) is 63.2 Å². The Morgan fingerprint density at radius 1 is 0.724 bits per heavy atom. The Labute approximate surface area is 170 Å². The summed E-state index contributed by atoms with van der Waals surface area (Å²) < 4.78 is 5.73. The van der Waals surface area contributed by atoms with Gasteiger partial charge >= 0.3 is 0 Å². The van der Waals surface area contributed by atoms with Gasteiger partial charge in [-0.05, 0) is 68.8 Å². The first-order valence-corrected chi connectivity index (χ1v) is 9.48. The number of hydrogen-bond donors (Lipinski definition) is 2. The van der Waals surface area contributed by atoms with Gasteiger partial charge in [0.25, 0.3) is 11.8 Å². The van der Waals surface area contributed by atoms with Crippen molar-refractivity contribution in [2.45, 2.75) is 26.9 Å². The fraction of sp³-hybridized carbons (Fsp3) is 0.167. The van der Waals surface area contributed by atoms with E-state index in [1.165, 1.54) is 0 Å². The van der Waals surface area contributed by atoms with Gasteiger partial charge in [-0.15, -0.1) is 0 Å². The molecule has 0 spiro atoms. The molecule has 0 bridgehead atoms. The topological polar surface area (TPSA) is 67.4 Å². The summed E-state index contributed by atoms with van der Waals surface area (Å²) in [6.45, 7) is 5.79. The Balaban J connectivity index is 1.69. The predicted octanol–water partition coefficient (Wildman–Crippen LogP) is 5.29. The van der Waals surface area contributed by atoms with Gasteiger partial charge in [0, 0.05) is 16.8 Å². The van der Waals surface area contributed by atoms with Crippen molar-refractivity contribution < 1.29 is 14.3 Å². The Morgan fingerprint density at radius 3 is 1.76 bits per heavy atom. The summed E-state index contributed by atoms with van der Waals surface area (Å²) in [7, 11) is 0. The van der Waals surface area contributed by atoms with E-state index in [1.54, 1.807) is 30.3 Å². The van der Waals surface area contributed by atoms with E-state index in [4.69, 9.17) is 4.74 Å². The molecule has 3 rings (SSSR count). The number of carbonyl (C=O) groups is 2. The molecule has 148 valence electrons. The maximum Gasteiger partial charge on any atom is 0.255 e. The molecule has 0 heterocycles. The van der Waals surface area contributed by atoms with Gasteiger partial charge in [-0.1, -0.05) is 30.3 Å². The van der Waals surface area contributed by atoms with Gasteiger partial charge in [-0.3, -0.25) is 9.59 Å². The largest absolute Gasteiger partial charge is 0.489 e. The lowest BCUT2D eigenvalue weighted by Crippen LogP contribution is -2.16. The molecule has 0 aliphatic carbocycles. The number of hydrogen-bond acceptors (Lipinski definition) is 3. The van der Waals surface area contributed by atoms with Crippen molar-refractivity contribution in [2.24, 2.45) is 0 Å². The van der Waals surface area contributed by atoms with Gasteiger partial charge in [0.1, 0.15) is 5.75 Å². The molecule has 0 radical (unpaired) electrons. The highest BCUT2D eigenvalue weighted by atomic mass is 16.5. The van der Waals surface area contributed by atoms with E-state index in [0.717, 1.165) is 11.3 Å². The second-order valence-corrected chi connectivity index (χ2v) is 6.96. The third-order valence-electron chi connectivity index (χ3n) is 4.30. The number of nitrogens with one attached hydrogen (secondary N) is 2. The minimum atomic E-state index is -0.268. The maximum absolute atomic E-state index is 12.6. The molecule has 2 amide bonds. The van der Waals surface area contributed by atoms with Crippen LogP contribution in [0.1, 0.15) is 40.1 Å². The number of benzene rings is 3. The smallest absolute Gasteiger partial charge is 0.255 e. The molecule has 3 aromatic rings.